The number of aromatic hydroxyl groups is 1. The van der Waals surface area contributed by atoms with E-state index in [0.29, 0.717) is 4.47 Å². The number of ketones is 1. The molecule has 1 aromatic heterocycles. The maximum Gasteiger partial charge on any atom is 0.339 e. The molecular formula is C14H10BrNO4. The van der Waals surface area contributed by atoms with Crippen molar-refractivity contribution in [2.75, 3.05) is 7.11 Å². The molecule has 5 nitrogen and oxygen atoms in total. The van der Waals surface area contributed by atoms with Gasteiger partial charge in [-0.15, -0.1) is 0 Å². The van der Waals surface area contributed by atoms with Crippen LogP contribution in [0.4, 0.5) is 0 Å². The van der Waals surface area contributed by atoms with Crippen LogP contribution in [0.3, 0.4) is 0 Å². The zero-order valence-corrected chi connectivity index (χ0v) is 12.0. The first kappa shape index (κ1) is 14.2. The van der Waals surface area contributed by atoms with Gasteiger partial charge < -0.3 is 9.84 Å². The molecule has 0 aliphatic heterocycles. The van der Waals surface area contributed by atoms with Gasteiger partial charge in [0.05, 0.1) is 18.2 Å². The van der Waals surface area contributed by atoms with E-state index in [2.05, 4.69) is 25.7 Å². The maximum atomic E-state index is 12.3. The molecule has 1 aromatic carbocycles. The van der Waals surface area contributed by atoms with Crippen LogP contribution in [-0.2, 0) is 4.74 Å². The summed E-state index contributed by atoms with van der Waals surface area (Å²) in [7, 11) is 1.25. The minimum atomic E-state index is -0.578. The minimum Gasteiger partial charge on any atom is -0.507 e. The molecular weight excluding hydrogens is 326 g/mol. The molecule has 0 bridgehead atoms. The predicted molar refractivity (Wildman–Crippen MR) is 74.8 cm³/mol. The molecule has 0 unspecified atom stereocenters. The molecule has 0 fully saturated rings. The van der Waals surface area contributed by atoms with E-state index in [1.54, 1.807) is 6.07 Å². The average Bonchev–Trinajstić information content (AvgIpc) is 2.48. The Hall–Kier alpha value is -2.21. The lowest BCUT2D eigenvalue weighted by molar-refractivity contribution is 0.0600. The Bertz CT molecular complexity index is 685. The molecule has 0 radical (unpaired) electrons. The molecule has 2 aromatic rings. The van der Waals surface area contributed by atoms with Crippen molar-refractivity contribution in [2.45, 2.75) is 0 Å². The number of phenolic OH excluding ortho intramolecular Hbond substituents is 1. The molecule has 20 heavy (non-hydrogen) atoms. The average molecular weight is 336 g/mol. The Morgan fingerprint density at radius 3 is 2.60 bits per heavy atom. The van der Waals surface area contributed by atoms with Crippen molar-refractivity contribution >= 4 is 27.7 Å². The zero-order chi connectivity index (χ0) is 14.7. The van der Waals surface area contributed by atoms with E-state index in [0.717, 1.165) is 0 Å². The maximum absolute atomic E-state index is 12.3. The molecule has 0 aliphatic rings. The normalized spacial score (nSPS) is 10.1. The lowest BCUT2D eigenvalue weighted by Crippen LogP contribution is -2.07. The van der Waals surface area contributed by atoms with Gasteiger partial charge in [0.1, 0.15) is 5.75 Å². The number of aromatic nitrogens is 1. The van der Waals surface area contributed by atoms with Crippen LogP contribution < -0.4 is 0 Å². The summed E-state index contributed by atoms with van der Waals surface area (Å²) in [4.78, 5) is 27.6. The molecule has 0 saturated carbocycles. The van der Waals surface area contributed by atoms with Crippen molar-refractivity contribution in [2.24, 2.45) is 0 Å². The van der Waals surface area contributed by atoms with Crippen LogP contribution in [-0.4, -0.2) is 29.0 Å². The van der Waals surface area contributed by atoms with Gasteiger partial charge in [0.15, 0.2) is 5.78 Å². The van der Waals surface area contributed by atoms with Crippen molar-refractivity contribution in [1.82, 2.24) is 4.98 Å². The van der Waals surface area contributed by atoms with Crippen molar-refractivity contribution in [3.8, 4) is 5.75 Å². The molecule has 0 aliphatic carbocycles. The van der Waals surface area contributed by atoms with Gasteiger partial charge >= 0.3 is 5.97 Å². The SMILES string of the molecule is COC(=O)c1cncc(C(=O)c2cc(Br)ccc2O)c1. The van der Waals surface area contributed by atoms with Crippen LogP contribution in [0, 0.1) is 0 Å². The number of pyridine rings is 1. The van der Waals surface area contributed by atoms with E-state index in [4.69, 9.17) is 0 Å². The summed E-state index contributed by atoms with van der Waals surface area (Å²) < 4.78 is 5.24. The number of methoxy groups -OCH3 is 1. The number of benzene rings is 1. The first-order chi connectivity index (χ1) is 9.52. The lowest BCUT2D eigenvalue weighted by atomic mass is 10.0. The highest BCUT2D eigenvalue weighted by atomic mass is 79.9. The van der Waals surface area contributed by atoms with E-state index < -0.39 is 11.8 Å². The monoisotopic (exact) mass is 335 g/mol. The van der Waals surface area contributed by atoms with Crippen LogP contribution in [0.2, 0.25) is 0 Å². The first-order valence-electron chi connectivity index (χ1n) is 5.59. The van der Waals surface area contributed by atoms with E-state index in [1.165, 1.54) is 37.7 Å². The Labute approximate surface area is 123 Å². The third-order valence-corrected chi connectivity index (χ3v) is 3.12. The highest BCUT2D eigenvalue weighted by Crippen LogP contribution is 2.24. The van der Waals surface area contributed by atoms with Gasteiger partial charge in [-0.25, -0.2) is 4.79 Å². The highest BCUT2D eigenvalue weighted by molar-refractivity contribution is 9.10. The largest absolute Gasteiger partial charge is 0.507 e. The van der Waals surface area contributed by atoms with Gasteiger partial charge in [-0.05, 0) is 24.3 Å². The van der Waals surface area contributed by atoms with E-state index >= 15 is 0 Å². The number of hydrogen-bond donors (Lipinski definition) is 1. The molecule has 1 N–H and O–H groups in total. The third kappa shape index (κ3) is 2.85. The summed E-state index contributed by atoms with van der Waals surface area (Å²) in [5.41, 5.74) is 0.498. The number of esters is 1. The third-order valence-electron chi connectivity index (χ3n) is 2.62. The van der Waals surface area contributed by atoms with E-state index in [-0.39, 0.29) is 22.4 Å². The number of carbonyl (C=O) groups is 2. The van der Waals surface area contributed by atoms with E-state index in [1.807, 2.05) is 0 Å². The fourth-order valence-corrected chi connectivity index (χ4v) is 2.00. The van der Waals surface area contributed by atoms with Crippen LogP contribution in [0.5, 0.6) is 5.75 Å². The molecule has 6 heteroatoms. The zero-order valence-electron chi connectivity index (χ0n) is 10.5. The summed E-state index contributed by atoms with van der Waals surface area (Å²) >= 11 is 3.23. The smallest absolute Gasteiger partial charge is 0.339 e. The number of rotatable bonds is 3. The van der Waals surface area contributed by atoms with Gasteiger partial charge in [-0.2, -0.15) is 0 Å². The summed E-state index contributed by atoms with van der Waals surface area (Å²) in [5, 5.41) is 9.74. The Morgan fingerprint density at radius 2 is 1.90 bits per heavy atom. The standard InChI is InChI=1S/C14H10BrNO4/c1-20-14(19)9-4-8(6-16-7-9)13(18)11-5-10(15)2-3-12(11)17/h2-7,17H,1H3. The molecule has 0 spiro atoms. The topological polar surface area (TPSA) is 76.5 Å². The van der Waals surface area contributed by atoms with Crippen molar-refractivity contribution in [3.63, 3.8) is 0 Å². The summed E-state index contributed by atoms with van der Waals surface area (Å²) in [6.45, 7) is 0. The molecule has 0 amide bonds. The van der Waals surface area contributed by atoms with Gasteiger partial charge in [0, 0.05) is 22.4 Å². The summed E-state index contributed by atoms with van der Waals surface area (Å²) in [6.07, 6.45) is 2.64. The predicted octanol–water partition coefficient (Wildman–Crippen LogP) is 2.57. The fourth-order valence-electron chi connectivity index (χ4n) is 1.64. The number of halogens is 1. The van der Waals surface area contributed by atoms with Gasteiger partial charge in [-0.1, -0.05) is 15.9 Å². The van der Waals surface area contributed by atoms with Crippen LogP contribution in [0.1, 0.15) is 26.3 Å². The lowest BCUT2D eigenvalue weighted by Gasteiger charge is -2.05. The van der Waals surface area contributed by atoms with Crippen LogP contribution >= 0.6 is 15.9 Å². The van der Waals surface area contributed by atoms with Gasteiger partial charge in [0.25, 0.3) is 0 Å². The number of carbonyl (C=O) groups excluding carboxylic acids is 2. The second kappa shape index (κ2) is 5.83. The van der Waals surface area contributed by atoms with Gasteiger partial charge in [-0.3, -0.25) is 9.78 Å². The van der Waals surface area contributed by atoms with E-state index in [9.17, 15) is 14.7 Å². The fraction of sp³-hybridized carbons (Fsp3) is 0.0714. The molecule has 102 valence electrons. The molecule has 0 atom stereocenters. The second-order valence-corrected chi connectivity index (χ2v) is 4.86. The quantitative estimate of drug-likeness (QED) is 0.689. The van der Waals surface area contributed by atoms with Gasteiger partial charge in [0.2, 0.25) is 0 Å². The molecule has 2 rings (SSSR count). The van der Waals surface area contributed by atoms with Crippen LogP contribution in [0.15, 0.2) is 41.1 Å². The Kier molecular flexibility index (Phi) is 4.14. The summed E-state index contributed by atoms with van der Waals surface area (Å²) in [6, 6.07) is 5.91. The van der Waals surface area contributed by atoms with Crippen molar-refractivity contribution in [1.29, 1.82) is 0 Å². The van der Waals surface area contributed by atoms with Crippen molar-refractivity contribution in [3.05, 3.63) is 57.8 Å². The molecule has 0 saturated heterocycles. The molecule has 1 heterocycles. The minimum absolute atomic E-state index is 0.128. The van der Waals surface area contributed by atoms with Crippen molar-refractivity contribution < 1.29 is 19.4 Å². The number of ether oxygens (including phenoxy) is 1. The number of hydrogen-bond acceptors (Lipinski definition) is 5. The Morgan fingerprint density at radius 1 is 1.20 bits per heavy atom. The second-order valence-electron chi connectivity index (χ2n) is 3.94. The van der Waals surface area contributed by atoms with Crippen LogP contribution in [0.25, 0.3) is 0 Å². The summed E-state index contributed by atoms with van der Waals surface area (Å²) in [5.74, 6) is -1.14. The number of phenols is 1. The first-order valence-corrected chi connectivity index (χ1v) is 6.39. The Balaban J connectivity index is 2.43. The highest BCUT2D eigenvalue weighted by Gasteiger charge is 2.16. The number of nitrogens with zero attached hydrogens (tertiary/aromatic N) is 1.